The average Bonchev–Trinajstić information content (AvgIpc) is 3.28. The number of methoxy groups -OCH3 is 1. The lowest BCUT2D eigenvalue weighted by Gasteiger charge is -2.26. The molecule has 1 aromatic heterocycles. The average molecular weight is 316 g/mol. The maximum absolute atomic E-state index is 12.1. The molecule has 23 heavy (non-hydrogen) atoms. The number of hydrogen-bond acceptors (Lipinski definition) is 4. The molecular formula is C17H20N2O4. The van der Waals surface area contributed by atoms with Gasteiger partial charge in [-0.1, -0.05) is 12.1 Å². The van der Waals surface area contributed by atoms with Gasteiger partial charge in [0.25, 0.3) is 0 Å². The summed E-state index contributed by atoms with van der Waals surface area (Å²) in [5.74, 6) is 1.17. The Bertz CT molecular complexity index is 667. The number of para-hydroxylation sites is 2. The lowest BCUT2D eigenvalue weighted by molar-refractivity contribution is -0.00414. The highest BCUT2D eigenvalue weighted by molar-refractivity contribution is 5.90. The van der Waals surface area contributed by atoms with E-state index < -0.39 is 11.6 Å². The largest absolute Gasteiger partial charge is 0.495 e. The molecule has 2 amide bonds. The van der Waals surface area contributed by atoms with Crippen LogP contribution >= 0.6 is 0 Å². The maximum atomic E-state index is 12.1. The van der Waals surface area contributed by atoms with Gasteiger partial charge in [0.2, 0.25) is 0 Å². The zero-order chi connectivity index (χ0) is 16.3. The number of ether oxygens (including phenoxy) is 1. The molecule has 122 valence electrons. The van der Waals surface area contributed by atoms with Crippen molar-refractivity contribution >= 4 is 11.7 Å². The highest BCUT2D eigenvalue weighted by Gasteiger charge is 2.47. The number of aliphatic hydroxyl groups is 1. The van der Waals surface area contributed by atoms with Crippen LogP contribution in [0.1, 0.15) is 18.6 Å². The summed E-state index contributed by atoms with van der Waals surface area (Å²) in [5, 5.41) is 16.3. The van der Waals surface area contributed by atoms with Crippen LogP contribution in [0.4, 0.5) is 10.5 Å². The summed E-state index contributed by atoms with van der Waals surface area (Å²) < 4.78 is 10.5. The number of urea groups is 1. The van der Waals surface area contributed by atoms with Gasteiger partial charge in [-0.3, -0.25) is 0 Å². The van der Waals surface area contributed by atoms with Crippen molar-refractivity contribution in [2.24, 2.45) is 5.92 Å². The molecule has 1 aliphatic carbocycles. The second kappa shape index (κ2) is 6.34. The molecule has 1 saturated carbocycles. The monoisotopic (exact) mass is 316 g/mol. The normalized spacial score (nSPS) is 16.4. The van der Waals surface area contributed by atoms with Gasteiger partial charge in [-0.15, -0.1) is 0 Å². The first-order valence-corrected chi connectivity index (χ1v) is 7.57. The number of amides is 2. The highest BCUT2D eigenvalue weighted by Crippen LogP contribution is 2.45. The van der Waals surface area contributed by atoms with E-state index in [4.69, 9.17) is 9.15 Å². The smallest absolute Gasteiger partial charge is 0.319 e. The van der Waals surface area contributed by atoms with Gasteiger partial charge in [-0.25, -0.2) is 4.79 Å². The highest BCUT2D eigenvalue weighted by atomic mass is 16.5. The molecular weight excluding hydrogens is 296 g/mol. The first kappa shape index (κ1) is 15.4. The Hall–Kier alpha value is -2.47. The fourth-order valence-electron chi connectivity index (χ4n) is 2.65. The molecule has 1 unspecified atom stereocenters. The Kier molecular flexibility index (Phi) is 4.25. The Morgan fingerprint density at radius 3 is 2.78 bits per heavy atom. The van der Waals surface area contributed by atoms with E-state index in [9.17, 15) is 9.90 Å². The van der Waals surface area contributed by atoms with Gasteiger partial charge in [0.1, 0.15) is 17.1 Å². The van der Waals surface area contributed by atoms with Gasteiger partial charge in [0.05, 0.1) is 25.6 Å². The molecule has 0 spiro atoms. The Morgan fingerprint density at radius 1 is 1.35 bits per heavy atom. The van der Waals surface area contributed by atoms with Crippen molar-refractivity contribution < 1.29 is 19.1 Å². The van der Waals surface area contributed by atoms with E-state index in [1.165, 1.54) is 6.26 Å². The summed E-state index contributed by atoms with van der Waals surface area (Å²) >= 11 is 0. The zero-order valence-electron chi connectivity index (χ0n) is 12.9. The number of carbonyl (C=O) groups is 1. The van der Waals surface area contributed by atoms with E-state index >= 15 is 0 Å². The van der Waals surface area contributed by atoms with Crippen LogP contribution in [0.5, 0.6) is 5.75 Å². The van der Waals surface area contributed by atoms with E-state index in [0.717, 1.165) is 12.8 Å². The third-order valence-electron chi connectivity index (χ3n) is 4.07. The topological polar surface area (TPSA) is 83.7 Å². The molecule has 1 atom stereocenters. The number of carbonyl (C=O) groups excluding carboxylic acids is 1. The molecule has 6 heteroatoms. The molecule has 0 aliphatic heterocycles. The molecule has 3 N–H and O–H groups in total. The number of rotatable bonds is 6. The minimum Gasteiger partial charge on any atom is -0.495 e. The predicted molar refractivity (Wildman–Crippen MR) is 85.3 cm³/mol. The molecule has 6 nitrogen and oxygen atoms in total. The molecule has 1 fully saturated rings. The Morgan fingerprint density at radius 2 is 2.13 bits per heavy atom. The van der Waals surface area contributed by atoms with Crippen LogP contribution in [-0.2, 0) is 5.60 Å². The minimum absolute atomic E-state index is 0.0894. The summed E-state index contributed by atoms with van der Waals surface area (Å²) in [7, 11) is 1.54. The molecule has 1 aliphatic rings. The summed E-state index contributed by atoms with van der Waals surface area (Å²) in [6.07, 6.45) is 3.37. The first-order chi connectivity index (χ1) is 11.1. The van der Waals surface area contributed by atoms with E-state index in [0.29, 0.717) is 17.2 Å². The number of nitrogens with one attached hydrogen (secondary N) is 2. The van der Waals surface area contributed by atoms with Crippen molar-refractivity contribution in [1.82, 2.24) is 5.32 Å². The van der Waals surface area contributed by atoms with Crippen LogP contribution in [0.3, 0.4) is 0 Å². The van der Waals surface area contributed by atoms with Crippen LogP contribution in [0, 0.1) is 5.92 Å². The van der Waals surface area contributed by atoms with Crippen molar-refractivity contribution in [2.75, 3.05) is 19.0 Å². The predicted octanol–water partition coefficient (Wildman–Crippen LogP) is 2.71. The quantitative estimate of drug-likeness (QED) is 0.765. The fourth-order valence-corrected chi connectivity index (χ4v) is 2.65. The Labute approximate surface area is 134 Å². The summed E-state index contributed by atoms with van der Waals surface area (Å²) in [6.45, 7) is 0.0894. The minimum atomic E-state index is -1.17. The third-order valence-corrected chi connectivity index (χ3v) is 4.07. The van der Waals surface area contributed by atoms with Gasteiger partial charge >= 0.3 is 6.03 Å². The summed E-state index contributed by atoms with van der Waals surface area (Å²) in [5.41, 5.74) is -0.595. The van der Waals surface area contributed by atoms with Crippen LogP contribution in [-0.4, -0.2) is 24.8 Å². The second-order valence-corrected chi connectivity index (χ2v) is 5.68. The lowest BCUT2D eigenvalue weighted by atomic mass is 9.94. The number of anilines is 1. The summed E-state index contributed by atoms with van der Waals surface area (Å²) in [4.78, 5) is 12.1. The Balaban J connectivity index is 1.64. The van der Waals surface area contributed by atoms with Gasteiger partial charge in [0.15, 0.2) is 0 Å². The molecule has 1 heterocycles. The van der Waals surface area contributed by atoms with Gasteiger partial charge in [0, 0.05) is 0 Å². The van der Waals surface area contributed by atoms with Crippen LogP contribution < -0.4 is 15.4 Å². The standard InChI is InChI=1S/C17H20N2O4/c1-22-14-6-3-2-5-13(14)19-16(20)18-11-17(21,12-8-9-12)15-7-4-10-23-15/h2-7,10,12,21H,8-9,11H2,1H3,(H2,18,19,20). The number of furan rings is 1. The van der Waals surface area contributed by atoms with Crippen molar-refractivity contribution in [3.63, 3.8) is 0 Å². The van der Waals surface area contributed by atoms with Crippen LogP contribution in [0.15, 0.2) is 47.1 Å². The fraction of sp³-hybridized carbons (Fsp3) is 0.353. The lowest BCUT2D eigenvalue weighted by Crippen LogP contribution is -2.43. The second-order valence-electron chi connectivity index (χ2n) is 5.68. The molecule has 1 aromatic carbocycles. The van der Waals surface area contributed by atoms with Gasteiger partial charge in [-0.05, 0) is 43.0 Å². The van der Waals surface area contributed by atoms with E-state index in [1.54, 1.807) is 31.4 Å². The SMILES string of the molecule is COc1ccccc1NC(=O)NCC(O)(c1ccco1)C1CC1. The summed E-state index contributed by atoms with van der Waals surface area (Å²) in [6, 6.07) is 10.2. The van der Waals surface area contributed by atoms with E-state index in [2.05, 4.69) is 10.6 Å². The van der Waals surface area contributed by atoms with Crippen LogP contribution in [0.25, 0.3) is 0 Å². The number of benzene rings is 1. The maximum Gasteiger partial charge on any atom is 0.319 e. The number of hydrogen-bond donors (Lipinski definition) is 3. The van der Waals surface area contributed by atoms with Crippen molar-refractivity contribution in [3.05, 3.63) is 48.4 Å². The van der Waals surface area contributed by atoms with Crippen LogP contribution in [0.2, 0.25) is 0 Å². The molecule has 0 bridgehead atoms. The zero-order valence-corrected chi connectivity index (χ0v) is 12.9. The molecule has 3 rings (SSSR count). The van der Waals surface area contributed by atoms with E-state index in [1.807, 2.05) is 12.1 Å². The molecule has 0 radical (unpaired) electrons. The molecule has 0 saturated heterocycles. The van der Waals surface area contributed by atoms with Crippen molar-refractivity contribution in [2.45, 2.75) is 18.4 Å². The third kappa shape index (κ3) is 3.32. The van der Waals surface area contributed by atoms with Crippen molar-refractivity contribution in [1.29, 1.82) is 0 Å². The van der Waals surface area contributed by atoms with Gasteiger partial charge < -0.3 is 24.9 Å². The van der Waals surface area contributed by atoms with E-state index in [-0.39, 0.29) is 12.5 Å². The first-order valence-electron chi connectivity index (χ1n) is 7.57. The van der Waals surface area contributed by atoms with Crippen molar-refractivity contribution in [3.8, 4) is 5.75 Å². The molecule has 2 aromatic rings. The van der Waals surface area contributed by atoms with Gasteiger partial charge in [-0.2, -0.15) is 0 Å².